The van der Waals surface area contributed by atoms with E-state index < -0.39 is 52.3 Å². The van der Waals surface area contributed by atoms with Gasteiger partial charge < -0.3 is 10.0 Å². The van der Waals surface area contributed by atoms with Gasteiger partial charge in [-0.1, -0.05) is 68.2 Å². The van der Waals surface area contributed by atoms with Gasteiger partial charge in [-0.25, -0.2) is 18.0 Å². The van der Waals surface area contributed by atoms with Crippen LogP contribution in [-0.2, 0) is 16.6 Å². The van der Waals surface area contributed by atoms with E-state index >= 15 is 8.78 Å². The second kappa shape index (κ2) is 12.0. The molecule has 0 spiro atoms. The van der Waals surface area contributed by atoms with Crippen molar-refractivity contribution in [1.29, 1.82) is 5.26 Å². The van der Waals surface area contributed by atoms with Crippen LogP contribution in [0.4, 0.5) is 13.2 Å². The molecule has 0 radical (unpaired) electrons. The molecule has 0 aromatic heterocycles. The topological polar surface area (TPSA) is 81.4 Å². The van der Waals surface area contributed by atoms with E-state index in [2.05, 4.69) is 6.07 Å². The first-order valence-electron chi connectivity index (χ1n) is 13.3. The predicted octanol–water partition coefficient (Wildman–Crippen LogP) is 8.14. The summed E-state index contributed by atoms with van der Waals surface area (Å²) in [4.78, 5) is 26.5. The molecule has 0 saturated carbocycles. The highest BCUT2D eigenvalue weighted by Crippen LogP contribution is 2.56. The summed E-state index contributed by atoms with van der Waals surface area (Å²) in [6.45, 7) is 5.90. The highest BCUT2D eigenvalue weighted by molar-refractivity contribution is 6.31. The van der Waals surface area contributed by atoms with Crippen LogP contribution in [0.1, 0.15) is 66.7 Å². The number of likely N-dealkylation sites (tertiary alicyclic amines) is 1. The normalized spacial score (nSPS) is 20.4. The van der Waals surface area contributed by atoms with Crippen LogP contribution in [0.2, 0.25) is 10.0 Å². The molecule has 1 aliphatic rings. The zero-order valence-electron chi connectivity index (χ0n) is 23.2. The van der Waals surface area contributed by atoms with Crippen molar-refractivity contribution in [2.45, 2.75) is 51.5 Å². The maximum atomic E-state index is 15.7. The lowest BCUT2D eigenvalue weighted by Gasteiger charge is -2.38. The zero-order valence-corrected chi connectivity index (χ0v) is 24.7. The van der Waals surface area contributed by atoms with Crippen molar-refractivity contribution >= 4 is 35.1 Å². The molecule has 3 aromatic carbocycles. The lowest BCUT2D eigenvalue weighted by Crippen LogP contribution is -2.41. The van der Waals surface area contributed by atoms with Crippen LogP contribution in [0.3, 0.4) is 0 Å². The molecule has 1 saturated heterocycles. The number of aryl methyl sites for hydroxylation is 1. The molecule has 10 heteroatoms. The lowest BCUT2D eigenvalue weighted by atomic mass is 9.63. The van der Waals surface area contributed by atoms with E-state index in [4.69, 9.17) is 28.3 Å². The van der Waals surface area contributed by atoms with E-state index in [-0.39, 0.29) is 46.0 Å². The smallest absolute Gasteiger partial charge is 0.338 e. The van der Waals surface area contributed by atoms with Gasteiger partial charge in [-0.05, 0) is 54.2 Å². The van der Waals surface area contributed by atoms with Crippen molar-refractivity contribution in [1.82, 2.24) is 4.90 Å². The molecule has 42 heavy (non-hydrogen) atoms. The number of nitriles is 1. The highest BCUT2D eigenvalue weighted by Gasteiger charge is 2.59. The lowest BCUT2D eigenvalue weighted by molar-refractivity contribution is -0.132. The van der Waals surface area contributed by atoms with E-state index in [9.17, 15) is 19.2 Å². The van der Waals surface area contributed by atoms with Crippen LogP contribution < -0.4 is 0 Å². The van der Waals surface area contributed by atoms with E-state index in [0.29, 0.717) is 12.0 Å². The number of amides is 1. The Hall–Kier alpha value is -3.54. The molecule has 220 valence electrons. The second-order valence-corrected chi connectivity index (χ2v) is 12.6. The number of carbonyl (C=O) groups excluding carboxylic acids is 1. The number of hydrogen-bond donors (Lipinski definition) is 1. The van der Waals surface area contributed by atoms with Crippen molar-refractivity contribution in [2.75, 3.05) is 6.54 Å². The fraction of sp³-hybridized carbons (Fsp3) is 0.344. The standard InChI is InChI=1S/C32H29Cl2F3N2O3/c1-31(2,3)15-19-16-39(27(40)12-8-18-7-10-21(30(41)42)25(35)13-18)29(22-5-4-6-24(34)28(22)37)32(19,17-38)23-11-9-20(33)14-26(23)36/h4-7,9-11,13-14,19,29H,8,12,15-16H2,1-3H3,(H,41,42)/t19-,29-,32-/m1/s1. The van der Waals surface area contributed by atoms with E-state index in [0.717, 1.165) is 18.2 Å². The summed E-state index contributed by atoms with van der Waals surface area (Å²) in [5.41, 5.74) is -2.20. The Morgan fingerprint density at radius 1 is 1.07 bits per heavy atom. The summed E-state index contributed by atoms with van der Waals surface area (Å²) in [6.07, 6.45) is 0.292. The van der Waals surface area contributed by atoms with Gasteiger partial charge in [0.25, 0.3) is 0 Å². The first kappa shape index (κ1) is 31.4. The number of rotatable bonds is 7. The van der Waals surface area contributed by atoms with Gasteiger partial charge in [0, 0.05) is 35.0 Å². The number of carboxylic acid groups (broad SMARTS) is 1. The molecule has 0 aliphatic carbocycles. The van der Waals surface area contributed by atoms with E-state index in [1.165, 1.54) is 41.3 Å². The van der Waals surface area contributed by atoms with E-state index in [1.54, 1.807) is 0 Å². The minimum absolute atomic E-state index is 0.00495. The molecule has 1 heterocycles. The third kappa shape index (κ3) is 5.99. The summed E-state index contributed by atoms with van der Waals surface area (Å²) in [5, 5.41) is 19.9. The number of nitrogens with zero attached hydrogens (tertiary/aromatic N) is 2. The number of aromatic carboxylic acids is 1. The summed E-state index contributed by atoms with van der Waals surface area (Å²) in [7, 11) is 0. The maximum Gasteiger partial charge on any atom is 0.338 e. The zero-order chi connectivity index (χ0) is 31.0. The van der Waals surface area contributed by atoms with Crippen molar-refractivity contribution in [2.24, 2.45) is 11.3 Å². The van der Waals surface area contributed by atoms with Crippen molar-refractivity contribution in [3.63, 3.8) is 0 Å². The van der Waals surface area contributed by atoms with Gasteiger partial charge in [-0.2, -0.15) is 5.26 Å². The Bertz CT molecular complexity index is 1580. The highest BCUT2D eigenvalue weighted by atomic mass is 35.5. The summed E-state index contributed by atoms with van der Waals surface area (Å²) in [6, 6.07) is 12.9. The Kier molecular flexibility index (Phi) is 8.96. The Labute approximate surface area is 252 Å². The summed E-state index contributed by atoms with van der Waals surface area (Å²) < 4.78 is 45.7. The van der Waals surface area contributed by atoms with E-state index in [1.807, 2.05) is 20.8 Å². The van der Waals surface area contributed by atoms with Gasteiger partial charge in [0.15, 0.2) is 0 Å². The second-order valence-electron chi connectivity index (χ2n) is 11.8. The summed E-state index contributed by atoms with van der Waals surface area (Å²) >= 11 is 12.2. The van der Waals surface area contributed by atoms with Gasteiger partial charge in [0.1, 0.15) is 22.9 Å². The monoisotopic (exact) mass is 616 g/mol. The Balaban J connectivity index is 1.85. The predicted molar refractivity (Wildman–Crippen MR) is 154 cm³/mol. The molecule has 0 unspecified atom stereocenters. The Morgan fingerprint density at radius 2 is 1.79 bits per heavy atom. The maximum absolute atomic E-state index is 15.7. The fourth-order valence-electron chi connectivity index (χ4n) is 6.00. The third-order valence-corrected chi connectivity index (χ3v) is 8.24. The van der Waals surface area contributed by atoms with Crippen LogP contribution in [0.15, 0.2) is 54.6 Å². The Morgan fingerprint density at radius 3 is 2.38 bits per heavy atom. The average Bonchev–Trinajstić information content (AvgIpc) is 3.21. The molecular formula is C32H29Cl2F3N2O3. The van der Waals surface area contributed by atoms with Crippen LogP contribution >= 0.6 is 23.2 Å². The van der Waals surface area contributed by atoms with Gasteiger partial charge in [0.05, 0.1) is 22.7 Å². The number of benzene rings is 3. The van der Waals surface area contributed by atoms with Gasteiger partial charge >= 0.3 is 5.97 Å². The first-order chi connectivity index (χ1) is 19.7. The van der Waals surface area contributed by atoms with Crippen LogP contribution in [0, 0.1) is 40.1 Å². The molecule has 1 fully saturated rings. The molecule has 1 N–H and O–H groups in total. The van der Waals surface area contributed by atoms with Crippen LogP contribution in [0.5, 0.6) is 0 Å². The van der Waals surface area contributed by atoms with Crippen LogP contribution in [-0.4, -0.2) is 28.4 Å². The summed E-state index contributed by atoms with van der Waals surface area (Å²) in [5.74, 6) is -4.99. The molecule has 4 rings (SSSR count). The minimum Gasteiger partial charge on any atom is -0.478 e. The van der Waals surface area contributed by atoms with Crippen molar-refractivity contribution in [3.05, 3.63) is 104 Å². The van der Waals surface area contributed by atoms with Crippen LogP contribution in [0.25, 0.3) is 0 Å². The molecule has 3 aromatic rings. The van der Waals surface area contributed by atoms with Gasteiger partial charge in [-0.3, -0.25) is 4.79 Å². The van der Waals surface area contributed by atoms with Gasteiger partial charge in [-0.15, -0.1) is 0 Å². The van der Waals surface area contributed by atoms with Crippen molar-refractivity contribution in [3.8, 4) is 6.07 Å². The fourth-order valence-corrected chi connectivity index (χ4v) is 6.34. The number of carbonyl (C=O) groups is 2. The number of hydrogen-bond acceptors (Lipinski definition) is 3. The molecule has 0 bridgehead atoms. The quantitative estimate of drug-likeness (QED) is 0.290. The molecule has 5 nitrogen and oxygen atoms in total. The number of carboxylic acids is 1. The molecular weight excluding hydrogens is 588 g/mol. The molecule has 1 amide bonds. The first-order valence-corrected chi connectivity index (χ1v) is 14.1. The molecule has 3 atom stereocenters. The molecule has 1 aliphatic heterocycles. The van der Waals surface area contributed by atoms with Gasteiger partial charge in [0.2, 0.25) is 5.91 Å². The average molecular weight is 617 g/mol. The number of halogens is 5. The minimum atomic E-state index is -1.71. The van der Waals surface area contributed by atoms with Crippen molar-refractivity contribution < 1.29 is 27.9 Å². The third-order valence-electron chi connectivity index (χ3n) is 7.71. The SMILES string of the molecule is CC(C)(C)C[C@@H]1CN(C(=O)CCc2ccc(C(=O)O)c(F)c2)[C@H](c2cccc(Cl)c2F)[C@@]1(C#N)c1ccc(Cl)cc1F. The largest absolute Gasteiger partial charge is 0.478 e.